The Bertz CT molecular complexity index is 542. The van der Waals surface area contributed by atoms with Crippen molar-refractivity contribution < 1.29 is 14.7 Å². The minimum absolute atomic E-state index is 0.235. The van der Waals surface area contributed by atoms with Gasteiger partial charge in [-0.15, -0.1) is 0 Å². The second-order valence-electron chi connectivity index (χ2n) is 4.77. The standard InChI is InChI=1S/C14H17N3O3/c1-9-3-2-4-12(16-9)8-15-14(20)17-11-6-5-10(7-11)13(18)19/h2-6,10-11H,7-8H2,1H3,(H,18,19)(H2,15,17,20). The first-order valence-corrected chi connectivity index (χ1v) is 6.42. The predicted octanol–water partition coefficient (Wildman–Crippen LogP) is 1.22. The number of amides is 2. The molecule has 6 nitrogen and oxygen atoms in total. The molecule has 0 saturated heterocycles. The number of carboxylic acids is 1. The van der Waals surface area contributed by atoms with Crippen LogP contribution < -0.4 is 10.6 Å². The van der Waals surface area contributed by atoms with Crippen molar-refractivity contribution >= 4 is 12.0 Å². The van der Waals surface area contributed by atoms with Crippen molar-refractivity contribution in [3.05, 3.63) is 41.7 Å². The van der Waals surface area contributed by atoms with Gasteiger partial charge >= 0.3 is 12.0 Å². The van der Waals surface area contributed by atoms with E-state index in [2.05, 4.69) is 15.6 Å². The number of aryl methyl sites for hydroxylation is 1. The lowest BCUT2D eigenvalue weighted by atomic mass is 10.1. The summed E-state index contributed by atoms with van der Waals surface area (Å²) in [6, 6.07) is 5.05. The van der Waals surface area contributed by atoms with E-state index < -0.39 is 11.9 Å². The Morgan fingerprint density at radius 3 is 2.85 bits per heavy atom. The molecule has 106 valence electrons. The van der Waals surface area contributed by atoms with Crippen LogP contribution in [0.4, 0.5) is 4.79 Å². The number of carbonyl (C=O) groups excluding carboxylic acids is 1. The number of pyridine rings is 1. The van der Waals surface area contributed by atoms with Crippen LogP contribution in [0.15, 0.2) is 30.4 Å². The molecule has 0 fully saturated rings. The number of aliphatic carboxylic acids is 1. The van der Waals surface area contributed by atoms with Crippen LogP contribution in [0.25, 0.3) is 0 Å². The molecule has 1 aromatic rings. The molecule has 0 aliphatic heterocycles. The van der Waals surface area contributed by atoms with Gasteiger partial charge in [0.05, 0.1) is 24.2 Å². The molecule has 2 unspecified atom stereocenters. The van der Waals surface area contributed by atoms with E-state index in [9.17, 15) is 9.59 Å². The van der Waals surface area contributed by atoms with Crippen LogP contribution in [-0.2, 0) is 11.3 Å². The molecule has 2 amide bonds. The zero-order valence-electron chi connectivity index (χ0n) is 11.2. The Kier molecular flexibility index (Phi) is 4.34. The molecule has 0 saturated carbocycles. The lowest BCUT2D eigenvalue weighted by Crippen LogP contribution is -2.40. The van der Waals surface area contributed by atoms with Crippen molar-refractivity contribution in [2.45, 2.75) is 25.9 Å². The molecule has 0 bridgehead atoms. The maximum atomic E-state index is 11.7. The number of urea groups is 1. The zero-order valence-corrected chi connectivity index (χ0v) is 11.2. The second kappa shape index (κ2) is 6.18. The maximum absolute atomic E-state index is 11.7. The van der Waals surface area contributed by atoms with Gasteiger partial charge in [0.15, 0.2) is 0 Å². The molecule has 1 aliphatic rings. The number of rotatable bonds is 4. The quantitative estimate of drug-likeness (QED) is 0.720. The molecule has 1 aliphatic carbocycles. The molecule has 6 heteroatoms. The Morgan fingerprint density at radius 1 is 1.40 bits per heavy atom. The van der Waals surface area contributed by atoms with E-state index in [4.69, 9.17) is 5.11 Å². The first-order valence-electron chi connectivity index (χ1n) is 6.42. The summed E-state index contributed by atoms with van der Waals surface area (Å²) in [6.45, 7) is 2.23. The van der Waals surface area contributed by atoms with Gasteiger partial charge in [-0.2, -0.15) is 0 Å². The fourth-order valence-electron chi connectivity index (χ4n) is 2.08. The van der Waals surface area contributed by atoms with Gasteiger partial charge in [-0.3, -0.25) is 9.78 Å². The van der Waals surface area contributed by atoms with Gasteiger partial charge in [-0.1, -0.05) is 18.2 Å². The molecular weight excluding hydrogens is 258 g/mol. The average molecular weight is 275 g/mol. The van der Waals surface area contributed by atoms with Crippen LogP contribution in [0.3, 0.4) is 0 Å². The van der Waals surface area contributed by atoms with Gasteiger partial charge in [0, 0.05) is 5.69 Å². The Hall–Kier alpha value is -2.37. The van der Waals surface area contributed by atoms with Crippen LogP contribution in [0.2, 0.25) is 0 Å². The molecule has 2 atom stereocenters. The van der Waals surface area contributed by atoms with E-state index in [-0.39, 0.29) is 12.1 Å². The van der Waals surface area contributed by atoms with Crippen molar-refractivity contribution in [2.75, 3.05) is 0 Å². The van der Waals surface area contributed by atoms with Gasteiger partial charge in [0.1, 0.15) is 0 Å². The van der Waals surface area contributed by atoms with Crippen molar-refractivity contribution in [3.8, 4) is 0 Å². The van der Waals surface area contributed by atoms with Crippen LogP contribution in [0.5, 0.6) is 0 Å². The fraction of sp³-hybridized carbons (Fsp3) is 0.357. The minimum atomic E-state index is -0.866. The normalized spacial score (nSPS) is 20.6. The lowest BCUT2D eigenvalue weighted by molar-refractivity contribution is -0.140. The summed E-state index contributed by atoms with van der Waals surface area (Å²) in [7, 11) is 0. The monoisotopic (exact) mass is 275 g/mol. The van der Waals surface area contributed by atoms with Crippen molar-refractivity contribution in [2.24, 2.45) is 5.92 Å². The summed E-state index contributed by atoms with van der Waals surface area (Å²) in [5.74, 6) is -1.38. The fourth-order valence-corrected chi connectivity index (χ4v) is 2.08. The van der Waals surface area contributed by atoms with E-state index in [0.29, 0.717) is 13.0 Å². The van der Waals surface area contributed by atoms with Crippen LogP contribution in [-0.4, -0.2) is 28.1 Å². The highest BCUT2D eigenvalue weighted by Gasteiger charge is 2.25. The van der Waals surface area contributed by atoms with Crippen LogP contribution >= 0.6 is 0 Å². The zero-order chi connectivity index (χ0) is 14.5. The molecule has 0 spiro atoms. The number of aromatic nitrogens is 1. The van der Waals surface area contributed by atoms with E-state index in [1.165, 1.54) is 0 Å². The third-order valence-electron chi connectivity index (χ3n) is 3.09. The third kappa shape index (κ3) is 3.81. The average Bonchev–Trinajstić information content (AvgIpc) is 2.85. The first kappa shape index (κ1) is 14.0. The number of nitrogens with one attached hydrogen (secondary N) is 2. The summed E-state index contributed by atoms with van der Waals surface area (Å²) >= 11 is 0. The molecule has 0 radical (unpaired) electrons. The summed E-state index contributed by atoms with van der Waals surface area (Å²) in [5, 5.41) is 14.3. The van der Waals surface area contributed by atoms with Crippen molar-refractivity contribution in [1.82, 2.24) is 15.6 Å². The molecule has 2 rings (SSSR count). The summed E-state index contributed by atoms with van der Waals surface area (Å²) in [4.78, 5) is 26.8. The Balaban J connectivity index is 1.77. The molecule has 0 aromatic carbocycles. The van der Waals surface area contributed by atoms with E-state index >= 15 is 0 Å². The largest absolute Gasteiger partial charge is 0.481 e. The predicted molar refractivity (Wildman–Crippen MR) is 73.0 cm³/mol. The highest BCUT2D eigenvalue weighted by atomic mass is 16.4. The minimum Gasteiger partial charge on any atom is -0.481 e. The number of carboxylic acid groups (broad SMARTS) is 1. The molecule has 1 heterocycles. The number of hydrogen-bond acceptors (Lipinski definition) is 3. The first-order chi connectivity index (χ1) is 9.54. The molecular formula is C14H17N3O3. The third-order valence-corrected chi connectivity index (χ3v) is 3.09. The van der Waals surface area contributed by atoms with Crippen molar-refractivity contribution in [3.63, 3.8) is 0 Å². The number of nitrogens with zero attached hydrogens (tertiary/aromatic N) is 1. The topological polar surface area (TPSA) is 91.3 Å². The van der Waals surface area contributed by atoms with Gasteiger partial charge in [0.2, 0.25) is 0 Å². The van der Waals surface area contributed by atoms with Crippen LogP contribution in [0.1, 0.15) is 17.8 Å². The summed E-state index contributed by atoms with van der Waals surface area (Å²) in [6.07, 6.45) is 3.71. The maximum Gasteiger partial charge on any atom is 0.315 e. The number of carbonyl (C=O) groups is 2. The van der Waals surface area contributed by atoms with E-state index in [1.54, 1.807) is 12.2 Å². The van der Waals surface area contributed by atoms with E-state index in [0.717, 1.165) is 11.4 Å². The second-order valence-corrected chi connectivity index (χ2v) is 4.77. The van der Waals surface area contributed by atoms with E-state index in [1.807, 2.05) is 25.1 Å². The SMILES string of the molecule is Cc1cccc(CNC(=O)NC2C=CC(C(=O)O)C2)n1. The highest BCUT2D eigenvalue weighted by Crippen LogP contribution is 2.17. The Morgan fingerprint density at radius 2 is 2.20 bits per heavy atom. The van der Waals surface area contributed by atoms with Gasteiger partial charge in [-0.25, -0.2) is 4.79 Å². The Labute approximate surface area is 116 Å². The van der Waals surface area contributed by atoms with Gasteiger partial charge in [0.25, 0.3) is 0 Å². The summed E-state index contributed by atoms with van der Waals surface area (Å²) in [5.41, 5.74) is 1.68. The van der Waals surface area contributed by atoms with Gasteiger partial charge < -0.3 is 15.7 Å². The van der Waals surface area contributed by atoms with Crippen molar-refractivity contribution in [1.29, 1.82) is 0 Å². The molecule has 20 heavy (non-hydrogen) atoms. The highest BCUT2D eigenvalue weighted by molar-refractivity contribution is 5.76. The number of hydrogen-bond donors (Lipinski definition) is 3. The van der Waals surface area contributed by atoms with Crippen LogP contribution in [0, 0.1) is 12.8 Å². The lowest BCUT2D eigenvalue weighted by Gasteiger charge is -2.13. The van der Waals surface area contributed by atoms with Gasteiger partial charge in [-0.05, 0) is 25.5 Å². The summed E-state index contributed by atoms with van der Waals surface area (Å²) < 4.78 is 0. The molecule has 3 N–H and O–H groups in total. The molecule has 1 aromatic heterocycles. The smallest absolute Gasteiger partial charge is 0.315 e.